The summed E-state index contributed by atoms with van der Waals surface area (Å²) in [5.41, 5.74) is 0. The van der Waals surface area contributed by atoms with Crippen molar-refractivity contribution in [1.82, 2.24) is 4.90 Å². The van der Waals surface area contributed by atoms with Crippen LogP contribution in [0.2, 0.25) is 0 Å². The number of amides is 1. The van der Waals surface area contributed by atoms with Gasteiger partial charge in [-0.2, -0.15) is 0 Å². The second kappa shape index (κ2) is 6.37. The molecule has 0 saturated carbocycles. The zero-order chi connectivity index (χ0) is 12.8. The second-order valence-corrected chi connectivity index (χ2v) is 4.27. The maximum Gasteiger partial charge on any atom is 0.328 e. The summed E-state index contributed by atoms with van der Waals surface area (Å²) in [4.78, 5) is 35.2. The van der Waals surface area contributed by atoms with Gasteiger partial charge in [-0.25, -0.2) is 4.79 Å². The van der Waals surface area contributed by atoms with Crippen LogP contribution >= 0.6 is 0 Å². The molecule has 0 aliphatic carbocycles. The molecule has 0 unspecified atom stereocenters. The molecule has 0 radical (unpaired) electrons. The molecule has 1 saturated heterocycles. The Hall–Kier alpha value is -1.39. The Morgan fingerprint density at radius 1 is 1.47 bits per heavy atom. The van der Waals surface area contributed by atoms with Gasteiger partial charge >= 0.3 is 5.97 Å². The molecule has 5 nitrogen and oxygen atoms in total. The second-order valence-electron chi connectivity index (χ2n) is 4.27. The average Bonchev–Trinajstić information content (AvgIpc) is 2.29. The topological polar surface area (TPSA) is 63.7 Å². The van der Waals surface area contributed by atoms with Crippen LogP contribution in [-0.2, 0) is 19.1 Å². The largest absolute Gasteiger partial charge is 0.464 e. The average molecular weight is 241 g/mol. The number of aldehydes is 1. The highest BCUT2D eigenvalue weighted by Gasteiger charge is 2.35. The van der Waals surface area contributed by atoms with Gasteiger partial charge in [0.2, 0.25) is 5.91 Å². The van der Waals surface area contributed by atoms with E-state index in [-0.39, 0.29) is 17.8 Å². The lowest BCUT2D eigenvalue weighted by Crippen LogP contribution is -2.50. The SMILES string of the molecule is CCOC(=O)[C@@H]1C[C@@H](CC=O)CCN1C(C)=O. The van der Waals surface area contributed by atoms with E-state index < -0.39 is 6.04 Å². The predicted octanol–water partition coefficient (Wildman–Crippen LogP) is 0.766. The minimum atomic E-state index is -0.522. The third-order valence-electron chi connectivity index (χ3n) is 3.10. The molecule has 1 heterocycles. The first-order valence-corrected chi connectivity index (χ1v) is 5.97. The molecule has 0 spiro atoms. The van der Waals surface area contributed by atoms with Gasteiger partial charge in [0.15, 0.2) is 0 Å². The predicted molar refractivity (Wildman–Crippen MR) is 61.2 cm³/mol. The van der Waals surface area contributed by atoms with Crippen molar-refractivity contribution in [3.8, 4) is 0 Å². The van der Waals surface area contributed by atoms with Gasteiger partial charge in [-0.3, -0.25) is 4.79 Å². The number of carbonyl (C=O) groups excluding carboxylic acids is 3. The molecule has 1 amide bonds. The summed E-state index contributed by atoms with van der Waals surface area (Å²) >= 11 is 0. The Morgan fingerprint density at radius 2 is 2.18 bits per heavy atom. The van der Waals surface area contributed by atoms with Crippen LogP contribution in [0.25, 0.3) is 0 Å². The summed E-state index contributed by atoms with van der Waals surface area (Å²) in [6.45, 7) is 4.02. The fourth-order valence-electron chi connectivity index (χ4n) is 2.23. The van der Waals surface area contributed by atoms with Gasteiger partial charge in [0.1, 0.15) is 12.3 Å². The normalized spacial score (nSPS) is 24.2. The van der Waals surface area contributed by atoms with Crippen LogP contribution in [0.5, 0.6) is 0 Å². The van der Waals surface area contributed by atoms with Crippen LogP contribution in [0.3, 0.4) is 0 Å². The van der Waals surface area contributed by atoms with Crippen LogP contribution in [0.1, 0.15) is 33.1 Å². The fraction of sp³-hybridized carbons (Fsp3) is 0.750. The summed E-state index contributed by atoms with van der Waals surface area (Å²) < 4.78 is 4.97. The first-order chi connectivity index (χ1) is 8.10. The molecular formula is C12H19NO4. The van der Waals surface area contributed by atoms with E-state index in [2.05, 4.69) is 0 Å². The first-order valence-electron chi connectivity index (χ1n) is 5.97. The Bertz CT molecular complexity index is 303. The zero-order valence-corrected chi connectivity index (χ0v) is 10.3. The molecule has 1 rings (SSSR count). The van der Waals surface area contributed by atoms with E-state index in [1.807, 2.05) is 0 Å². The van der Waals surface area contributed by atoms with E-state index in [0.29, 0.717) is 26.0 Å². The molecule has 1 aliphatic heterocycles. The van der Waals surface area contributed by atoms with Gasteiger partial charge in [0.05, 0.1) is 6.61 Å². The van der Waals surface area contributed by atoms with Crippen molar-refractivity contribution < 1.29 is 19.1 Å². The van der Waals surface area contributed by atoms with Crippen molar-refractivity contribution in [3.63, 3.8) is 0 Å². The Labute approximate surface area is 101 Å². The monoisotopic (exact) mass is 241 g/mol. The third kappa shape index (κ3) is 3.54. The van der Waals surface area contributed by atoms with Gasteiger partial charge in [0, 0.05) is 19.9 Å². The van der Waals surface area contributed by atoms with Crippen molar-refractivity contribution >= 4 is 18.2 Å². The van der Waals surface area contributed by atoms with Gasteiger partial charge in [-0.05, 0) is 25.7 Å². The Balaban J connectivity index is 2.71. The van der Waals surface area contributed by atoms with Crippen LogP contribution in [0.4, 0.5) is 0 Å². The van der Waals surface area contributed by atoms with Crippen molar-refractivity contribution in [2.24, 2.45) is 5.92 Å². The number of hydrogen-bond donors (Lipinski definition) is 0. The highest BCUT2D eigenvalue weighted by Crippen LogP contribution is 2.25. The van der Waals surface area contributed by atoms with Crippen molar-refractivity contribution in [2.45, 2.75) is 39.2 Å². The number of nitrogens with zero attached hydrogens (tertiary/aromatic N) is 1. The number of carbonyl (C=O) groups is 3. The third-order valence-corrected chi connectivity index (χ3v) is 3.10. The molecule has 0 aromatic heterocycles. The molecular weight excluding hydrogens is 222 g/mol. The molecule has 96 valence electrons. The number of ether oxygens (including phenoxy) is 1. The van der Waals surface area contributed by atoms with Crippen LogP contribution in [0, 0.1) is 5.92 Å². The zero-order valence-electron chi connectivity index (χ0n) is 10.3. The number of likely N-dealkylation sites (tertiary alicyclic amines) is 1. The van der Waals surface area contributed by atoms with E-state index in [1.54, 1.807) is 11.8 Å². The Morgan fingerprint density at radius 3 is 2.71 bits per heavy atom. The molecule has 5 heteroatoms. The summed E-state index contributed by atoms with van der Waals surface area (Å²) in [5, 5.41) is 0. The number of esters is 1. The fourth-order valence-corrected chi connectivity index (χ4v) is 2.23. The molecule has 0 aromatic carbocycles. The van der Waals surface area contributed by atoms with Crippen LogP contribution in [-0.4, -0.2) is 42.3 Å². The smallest absolute Gasteiger partial charge is 0.328 e. The van der Waals surface area contributed by atoms with Gasteiger partial charge < -0.3 is 14.4 Å². The molecule has 0 aromatic rings. The lowest BCUT2D eigenvalue weighted by Gasteiger charge is -2.36. The molecule has 0 N–H and O–H groups in total. The van der Waals surface area contributed by atoms with Gasteiger partial charge in [-0.15, -0.1) is 0 Å². The van der Waals surface area contributed by atoms with Crippen molar-refractivity contribution in [1.29, 1.82) is 0 Å². The van der Waals surface area contributed by atoms with E-state index in [0.717, 1.165) is 12.7 Å². The summed E-state index contributed by atoms with van der Waals surface area (Å²) in [7, 11) is 0. The molecule has 1 fully saturated rings. The van der Waals surface area contributed by atoms with Crippen LogP contribution < -0.4 is 0 Å². The summed E-state index contributed by atoms with van der Waals surface area (Å²) in [6.07, 6.45) is 2.61. The molecule has 17 heavy (non-hydrogen) atoms. The van der Waals surface area contributed by atoms with E-state index in [9.17, 15) is 14.4 Å². The quantitative estimate of drug-likeness (QED) is 0.538. The molecule has 2 atom stereocenters. The van der Waals surface area contributed by atoms with Crippen molar-refractivity contribution in [3.05, 3.63) is 0 Å². The summed E-state index contributed by atoms with van der Waals surface area (Å²) in [5.74, 6) is -0.302. The summed E-state index contributed by atoms with van der Waals surface area (Å²) in [6, 6.07) is -0.522. The first kappa shape index (κ1) is 13.7. The maximum absolute atomic E-state index is 11.8. The van der Waals surface area contributed by atoms with E-state index >= 15 is 0 Å². The minimum Gasteiger partial charge on any atom is -0.464 e. The van der Waals surface area contributed by atoms with E-state index in [4.69, 9.17) is 4.74 Å². The standard InChI is InChI=1S/C12H19NO4/c1-3-17-12(16)11-8-10(5-7-14)4-6-13(11)9(2)15/h7,10-11H,3-6,8H2,1-2H3/t10-,11+/m1/s1. The highest BCUT2D eigenvalue weighted by atomic mass is 16.5. The molecule has 1 aliphatic rings. The lowest BCUT2D eigenvalue weighted by atomic mass is 9.88. The highest BCUT2D eigenvalue weighted by molar-refractivity contribution is 5.83. The number of rotatable bonds is 4. The van der Waals surface area contributed by atoms with Gasteiger partial charge in [-0.1, -0.05) is 0 Å². The Kier molecular flexibility index (Phi) is 5.12. The van der Waals surface area contributed by atoms with Gasteiger partial charge in [0.25, 0.3) is 0 Å². The number of hydrogen-bond acceptors (Lipinski definition) is 4. The lowest BCUT2D eigenvalue weighted by molar-refractivity contribution is -0.157. The number of piperidine rings is 1. The maximum atomic E-state index is 11.8. The van der Waals surface area contributed by atoms with E-state index in [1.165, 1.54) is 6.92 Å². The van der Waals surface area contributed by atoms with Crippen LogP contribution in [0.15, 0.2) is 0 Å². The molecule has 0 bridgehead atoms. The van der Waals surface area contributed by atoms with Crippen molar-refractivity contribution in [2.75, 3.05) is 13.2 Å². The minimum absolute atomic E-state index is 0.118.